The highest BCUT2D eigenvalue weighted by atomic mass is 32.2. The molecule has 7 nitrogen and oxygen atoms in total. The summed E-state index contributed by atoms with van der Waals surface area (Å²) < 4.78 is 58.7. The molecule has 0 atom stereocenters. The van der Waals surface area contributed by atoms with Crippen LogP contribution in [-0.4, -0.2) is 45.8 Å². The van der Waals surface area contributed by atoms with Crippen LogP contribution in [0.1, 0.15) is 63.9 Å². The minimum absolute atomic E-state index is 0.110. The van der Waals surface area contributed by atoms with Gasteiger partial charge in [-0.15, -0.1) is 0 Å². The molecule has 37 heavy (non-hydrogen) atoms. The van der Waals surface area contributed by atoms with Gasteiger partial charge in [0.1, 0.15) is 0 Å². The number of aromatic nitrogens is 1. The van der Waals surface area contributed by atoms with Gasteiger partial charge in [-0.3, -0.25) is 9.17 Å². The summed E-state index contributed by atoms with van der Waals surface area (Å²) in [5.41, 5.74) is 0.984. The Morgan fingerprint density at radius 1 is 0.811 bits per heavy atom. The van der Waals surface area contributed by atoms with Crippen LogP contribution in [0.5, 0.6) is 0 Å². The van der Waals surface area contributed by atoms with E-state index in [4.69, 9.17) is 4.18 Å². The average molecular weight is 547 g/mol. The highest BCUT2D eigenvalue weighted by Gasteiger charge is 2.25. The van der Waals surface area contributed by atoms with Gasteiger partial charge < -0.3 is 0 Å². The first-order chi connectivity index (χ1) is 17.8. The summed E-state index contributed by atoms with van der Waals surface area (Å²) in [5.74, 6) is 0. The largest absolute Gasteiger partial charge is 0.296 e. The molecule has 0 spiro atoms. The minimum Gasteiger partial charge on any atom is -0.266 e. The summed E-state index contributed by atoms with van der Waals surface area (Å²) in [7, 11) is -7.42. The van der Waals surface area contributed by atoms with Gasteiger partial charge in [0, 0.05) is 36.3 Å². The number of hydrogen-bond acceptors (Lipinski definition) is 6. The zero-order valence-corrected chi connectivity index (χ0v) is 23.4. The molecule has 1 aromatic heterocycles. The number of pyridine rings is 1. The third-order valence-corrected chi connectivity index (χ3v) is 9.65. The predicted octanol–water partition coefficient (Wildman–Crippen LogP) is 6.08. The molecule has 0 bridgehead atoms. The van der Waals surface area contributed by atoms with Crippen LogP contribution >= 0.6 is 0 Å². The van der Waals surface area contributed by atoms with E-state index < -0.39 is 20.1 Å². The number of unbranched alkanes of at least 4 members (excludes halogenated alkanes) is 6. The number of hydrogen-bond donors (Lipinski definition) is 0. The lowest BCUT2D eigenvalue weighted by Gasteiger charge is -2.23. The van der Waals surface area contributed by atoms with Crippen molar-refractivity contribution in [3.63, 3.8) is 0 Å². The molecule has 0 unspecified atom stereocenters. The van der Waals surface area contributed by atoms with Gasteiger partial charge in [0.15, 0.2) is 0 Å². The first-order valence-electron chi connectivity index (χ1n) is 13.0. The third-order valence-electron chi connectivity index (χ3n) is 6.37. The second-order valence-electron chi connectivity index (χ2n) is 9.32. The van der Waals surface area contributed by atoms with Gasteiger partial charge in [0.25, 0.3) is 10.1 Å². The van der Waals surface area contributed by atoms with E-state index in [9.17, 15) is 16.8 Å². The van der Waals surface area contributed by atoms with Crippen molar-refractivity contribution < 1.29 is 21.0 Å². The van der Waals surface area contributed by atoms with Crippen LogP contribution in [0.15, 0.2) is 70.7 Å². The average Bonchev–Trinajstić information content (AvgIpc) is 2.89. The van der Waals surface area contributed by atoms with Gasteiger partial charge in [-0.05, 0) is 50.5 Å². The van der Waals surface area contributed by atoms with Crippen molar-refractivity contribution >= 4 is 30.9 Å². The fraction of sp³-hybridized carbons (Fsp3) is 0.464. The lowest BCUT2D eigenvalue weighted by atomic mass is 10.2. The van der Waals surface area contributed by atoms with E-state index in [0.717, 1.165) is 49.5 Å². The van der Waals surface area contributed by atoms with Gasteiger partial charge in [-0.25, -0.2) is 8.42 Å². The lowest BCUT2D eigenvalue weighted by Crippen LogP contribution is -2.33. The van der Waals surface area contributed by atoms with E-state index in [-0.39, 0.29) is 11.5 Å². The molecular formula is C28H38N2O5S2. The maximum absolute atomic E-state index is 13.7. The van der Waals surface area contributed by atoms with Crippen molar-refractivity contribution in [1.82, 2.24) is 9.29 Å². The van der Waals surface area contributed by atoms with Crippen molar-refractivity contribution in [3.8, 4) is 0 Å². The zero-order valence-electron chi connectivity index (χ0n) is 21.8. The van der Waals surface area contributed by atoms with Gasteiger partial charge in [-0.1, -0.05) is 68.9 Å². The zero-order chi connectivity index (χ0) is 26.7. The first-order valence-corrected chi connectivity index (χ1v) is 15.9. The molecular weight excluding hydrogens is 508 g/mol. The molecule has 3 rings (SSSR count). The topological polar surface area (TPSA) is 93.6 Å². The monoisotopic (exact) mass is 546 g/mol. The molecule has 9 heteroatoms. The van der Waals surface area contributed by atoms with E-state index in [1.54, 1.807) is 59.2 Å². The van der Waals surface area contributed by atoms with Crippen LogP contribution in [0.2, 0.25) is 0 Å². The van der Waals surface area contributed by atoms with E-state index in [2.05, 4.69) is 11.9 Å². The van der Waals surface area contributed by atoms with Crippen LogP contribution in [0.25, 0.3) is 10.8 Å². The van der Waals surface area contributed by atoms with Crippen molar-refractivity contribution in [2.75, 3.05) is 19.7 Å². The summed E-state index contributed by atoms with van der Waals surface area (Å²) >= 11 is 0. The Balaban J connectivity index is 1.54. The molecule has 0 aliphatic heterocycles. The number of sulfonamides is 1. The van der Waals surface area contributed by atoms with Gasteiger partial charge in [0.2, 0.25) is 10.0 Å². The SMILES string of the molecule is CCCCCCN(CCCCCCOS(=O)(=O)c1ccc(C)cc1)S(=O)(=O)c1cccc2cnccc12. The summed E-state index contributed by atoms with van der Waals surface area (Å²) in [6, 6.07) is 13.6. The van der Waals surface area contributed by atoms with Gasteiger partial charge in [-0.2, -0.15) is 12.7 Å². The second-order valence-corrected chi connectivity index (χ2v) is 12.8. The molecule has 0 saturated carbocycles. The molecule has 0 amide bonds. The van der Waals surface area contributed by atoms with Crippen LogP contribution in [0.3, 0.4) is 0 Å². The smallest absolute Gasteiger partial charge is 0.266 e. The van der Waals surface area contributed by atoms with Crippen molar-refractivity contribution in [2.45, 2.75) is 75.0 Å². The fourth-order valence-electron chi connectivity index (χ4n) is 4.21. The Hall–Kier alpha value is -2.33. The summed E-state index contributed by atoms with van der Waals surface area (Å²) in [5, 5.41) is 1.48. The minimum atomic E-state index is -3.76. The Bertz CT molecular complexity index is 1340. The van der Waals surface area contributed by atoms with Crippen LogP contribution in [0.4, 0.5) is 0 Å². The molecule has 3 aromatic rings. The lowest BCUT2D eigenvalue weighted by molar-refractivity contribution is 0.304. The van der Waals surface area contributed by atoms with E-state index in [1.165, 1.54) is 0 Å². The number of fused-ring (bicyclic) bond motifs is 1. The highest BCUT2D eigenvalue weighted by molar-refractivity contribution is 7.89. The molecule has 2 aromatic carbocycles. The van der Waals surface area contributed by atoms with Crippen molar-refractivity contribution in [2.24, 2.45) is 0 Å². The Labute approximate surface area is 222 Å². The standard InChI is InChI=1S/C28H38N2O5S2/c1-3-4-5-8-20-30(36(31,32)28-13-11-12-25-23-29-19-18-27(25)28)21-9-6-7-10-22-35-37(33,34)26-16-14-24(2)15-17-26/h11-19,23H,3-10,20-22H2,1-2H3. The number of aryl methyl sites for hydroxylation is 1. The number of benzene rings is 2. The molecule has 0 aliphatic rings. The maximum Gasteiger partial charge on any atom is 0.296 e. The molecule has 1 heterocycles. The van der Waals surface area contributed by atoms with E-state index in [1.807, 2.05) is 13.0 Å². The molecule has 0 aliphatic carbocycles. The second kappa shape index (κ2) is 14.0. The van der Waals surface area contributed by atoms with Crippen LogP contribution < -0.4 is 0 Å². The quantitative estimate of drug-likeness (QED) is 0.160. The number of nitrogens with zero attached hydrogens (tertiary/aromatic N) is 2. The van der Waals surface area contributed by atoms with Crippen molar-refractivity contribution in [3.05, 3.63) is 66.5 Å². The molecule has 0 N–H and O–H groups in total. The number of rotatable bonds is 16. The summed E-state index contributed by atoms with van der Waals surface area (Å²) in [4.78, 5) is 4.59. The predicted molar refractivity (Wildman–Crippen MR) is 147 cm³/mol. The first kappa shape index (κ1) is 29.2. The Morgan fingerprint density at radius 2 is 1.49 bits per heavy atom. The molecule has 0 radical (unpaired) electrons. The normalized spacial score (nSPS) is 12.4. The highest BCUT2D eigenvalue weighted by Crippen LogP contribution is 2.26. The Kier molecular flexibility index (Phi) is 11.1. The fourth-order valence-corrected chi connectivity index (χ4v) is 6.88. The molecule has 202 valence electrons. The summed E-state index contributed by atoms with van der Waals surface area (Å²) in [6.07, 6.45) is 10.1. The molecule has 0 fully saturated rings. The van der Waals surface area contributed by atoms with E-state index >= 15 is 0 Å². The maximum atomic E-state index is 13.7. The van der Waals surface area contributed by atoms with E-state index in [0.29, 0.717) is 36.2 Å². The van der Waals surface area contributed by atoms with Crippen LogP contribution in [0, 0.1) is 6.92 Å². The van der Waals surface area contributed by atoms with Crippen LogP contribution in [-0.2, 0) is 24.3 Å². The summed E-state index contributed by atoms with van der Waals surface area (Å²) in [6.45, 7) is 5.06. The van der Waals surface area contributed by atoms with Gasteiger partial charge in [0.05, 0.1) is 16.4 Å². The molecule has 0 saturated heterocycles. The third kappa shape index (κ3) is 8.33. The van der Waals surface area contributed by atoms with Gasteiger partial charge >= 0.3 is 0 Å². The van der Waals surface area contributed by atoms with Crippen molar-refractivity contribution in [1.29, 1.82) is 0 Å². The Morgan fingerprint density at radius 3 is 2.19 bits per heavy atom.